The Morgan fingerprint density at radius 1 is 1.24 bits per heavy atom. The monoisotopic (exact) mass is 490 g/mol. The van der Waals surface area contributed by atoms with Crippen LogP contribution in [0.15, 0.2) is 27.9 Å². The zero-order valence-corrected chi connectivity index (χ0v) is 20.4. The van der Waals surface area contributed by atoms with Gasteiger partial charge in [-0.2, -0.15) is 4.31 Å². The topological polar surface area (TPSA) is 121 Å². The number of thiophene rings is 1. The number of nitrogens with zero attached hydrogens (tertiary/aromatic N) is 2. The molecule has 11 heteroatoms. The average molecular weight is 491 g/mol. The van der Waals surface area contributed by atoms with E-state index in [0.717, 1.165) is 10.4 Å². The molecule has 2 N–H and O–H groups in total. The first-order chi connectivity index (χ1) is 15.7. The molecule has 0 radical (unpaired) electrons. The molecular formula is C22H26N4O5S2. The van der Waals surface area contributed by atoms with Crippen LogP contribution in [-0.2, 0) is 26.0 Å². The number of aromatic nitrogens is 2. The number of hydrogen-bond donors (Lipinski definition) is 2. The molecule has 0 unspecified atom stereocenters. The lowest BCUT2D eigenvalue weighted by molar-refractivity contribution is -0.116. The van der Waals surface area contributed by atoms with Gasteiger partial charge in [0, 0.05) is 36.5 Å². The first-order valence-electron chi connectivity index (χ1n) is 10.6. The number of rotatable bonds is 6. The molecule has 0 spiro atoms. The van der Waals surface area contributed by atoms with Crippen molar-refractivity contribution in [2.24, 2.45) is 0 Å². The van der Waals surface area contributed by atoms with E-state index in [1.165, 1.54) is 21.7 Å². The molecule has 33 heavy (non-hydrogen) atoms. The van der Waals surface area contributed by atoms with Crippen molar-refractivity contribution in [2.75, 3.05) is 31.6 Å². The Bertz CT molecular complexity index is 1370. The summed E-state index contributed by atoms with van der Waals surface area (Å²) in [6.07, 6.45) is 0.356. The van der Waals surface area contributed by atoms with Gasteiger partial charge >= 0.3 is 0 Å². The van der Waals surface area contributed by atoms with Crippen molar-refractivity contribution in [3.8, 4) is 0 Å². The number of carbonyl (C=O) groups excluding carboxylic acids is 1. The summed E-state index contributed by atoms with van der Waals surface area (Å²) in [5.74, 6) is 0.151. The van der Waals surface area contributed by atoms with Gasteiger partial charge < -0.3 is 15.0 Å². The highest BCUT2D eigenvalue weighted by atomic mass is 32.2. The van der Waals surface area contributed by atoms with Crippen molar-refractivity contribution < 1.29 is 17.9 Å². The van der Waals surface area contributed by atoms with Crippen molar-refractivity contribution >= 4 is 43.2 Å². The second-order valence-corrected chi connectivity index (χ2v) is 11.1. The van der Waals surface area contributed by atoms with Crippen LogP contribution < -0.4 is 10.9 Å². The van der Waals surface area contributed by atoms with Gasteiger partial charge in [-0.1, -0.05) is 6.07 Å². The number of anilines is 1. The van der Waals surface area contributed by atoms with Gasteiger partial charge in [-0.25, -0.2) is 13.4 Å². The van der Waals surface area contributed by atoms with Crippen molar-refractivity contribution in [3.63, 3.8) is 0 Å². The molecule has 3 aromatic rings. The molecule has 2 aromatic heterocycles. The summed E-state index contributed by atoms with van der Waals surface area (Å²) in [7, 11) is -3.68. The van der Waals surface area contributed by atoms with E-state index in [0.29, 0.717) is 53.6 Å². The lowest BCUT2D eigenvalue weighted by Gasteiger charge is -2.26. The summed E-state index contributed by atoms with van der Waals surface area (Å²) in [4.78, 5) is 34.1. The fourth-order valence-electron chi connectivity index (χ4n) is 3.75. The van der Waals surface area contributed by atoms with Gasteiger partial charge in [0.15, 0.2) is 0 Å². The Labute approximate surface area is 195 Å². The molecule has 1 aliphatic rings. The van der Waals surface area contributed by atoms with Crippen LogP contribution >= 0.6 is 11.3 Å². The number of benzene rings is 1. The molecule has 4 rings (SSSR count). The van der Waals surface area contributed by atoms with E-state index >= 15 is 0 Å². The summed E-state index contributed by atoms with van der Waals surface area (Å²) in [5, 5.41) is 3.35. The number of carbonyl (C=O) groups is 1. The summed E-state index contributed by atoms with van der Waals surface area (Å²) < 4.78 is 32.7. The third-order valence-corrected chi connectivity index (χ3v) is 8.88. The Morgan fingerprint density at radius 3 is 2.70 bits per heavy atom. The van der Waals surface area contributed by atoms with E-state index in [9.17, 15) is 18.0 Å². The highest BCUT2D eigenvalue weighted by Crippen LogP contribution is 2.26. The number of aromatic amines is 1. The predicted molar refractivity (Wildman–Crippen MR) is 127 cm³/mol. The first kappa shape index (κ1) is 23.6. The number of hydrogen-bond acceptors (Lipinski definition) is 7. The highest BCUT2D eigenvalue weighted by molar-refractivity contribution is 7.89. The van der Waals surface area contributed by atoms with E-state index in [-0.39, 0.29) is 29.2 Å². The Hall–Kier alpha value is -2.60. The van der Waals surface area contributed by atoms with Crippen LogP contribution in [0.1, 0.15) is 28.2 Å². The maximum atomic E-state index is 13.0. The first-order valence-corrected chi connectivity index (χ1v) is 12.9. The van der Waals surface area contributed by atoms with Crippen LogP contribution in [0.5, 0.6) is 0 Å². The number of H-pyrrole nitrogens is 1. The normalized spacial score (nSPS) is 15.1. The van der Waals surface area contributed by atoms with Crippen LogP contribution in [0, 0.1) is 20.8 Å². The molecule has 0 atom stereocenters. The summed E-state index contributed by atoms with van der Waals surface area (Å²) in [6.45, 7) is 6.90. The van der Waals surface area contributed by atoms with Crippen LogP contribution in [0.4, 0.5) is 5.69 Å². The van der Waals surface area contributed by atoms with E-state index in [1.54, 1.807) is 19.1 Å². The van der Waals surface area contributed by atoms with Gasteiger partial charge in [0.25, 0.3) is 5.56 Å². The van der Waals surface area contributed by atoms with Gasteiger partial charge in [-0.15, -0.1) is 11.3 Å². The summed E-state index contributed by atoms with van der Waals surface area (Å²) in [6, 6.07) is 4.84. The van der Waals surface area contributed by atoms with Gasteiger partial charge in [0.2, 0.25) is 15.9 Å². The molecule has 0 bridgehead atoms. The van der Waals surface area contributed by atoms with Crippen LogP contribution in [0.2, 0.25) is 0 Å². The minimum Gasteiger partial charge on any atom is -0.379 e. The van der Waals surface area contributed by atoms with E-state index in [4.69, 9.17) is 4.74 Å². The smallest absolute Gasteiger partial charge is 0.259 e. The van der Waals surface area contributed by atoms with Gasteiger partial charge in [0.05, 0.1) is 23.5 Å². The van der Waals surface area contributed by atoms with Crippen molar-refractivity contribution in [2.45, 2.75) is 38.5 Å². The van der Waals surface area contributed by atoms with E-state index < -0.39 is 10.0 Å². The molecule has 1 aromatic carbocycles. The second kappa shape index (κ2) is 9.34. The third-order valence-electron chi connectivity index (χ3n) is 5.74. The number of ether oxygens (including phenoxy) is 1. The minimum absolute atomic E-state index is 0.0945. The van der Waals surface area contributed by atoms with Crippen LogP contribution in [0.3, 0.4) is 0 Å². The SMILES string of the molecule is Cc1ccc(NC(=O)CCc2nc3sc(C)c(C)c3c(=O)[nH]2)cc1S(=O)(=O)N1CCOCC1. The third kappa shape index (κ3) is 4.86. The van der Waals surface area contributed by atoms with E-state index in [1.807, 2.05) is 13.8 Å². The number of fused-ring (bicyclic) bond motifs is 1. The van der Waals surface area contributed by atoms with Crippen molar-refractivity contribution in [3.05, 3.63) is 50.4 Å². The second-order valence-electron chi connectivity index (χ2n) is 8.02. The fourth-order valence-corrected chi connectivity index (χ4v) is 6.46. The highest BCUT2D eigenvalue weighted by Gasteiger charge is 2.28. The number of sulfonamides is 1. The molecule has 176 valence electrons. The van der Waals surface area contributed by atoms with Crippen molar-refractivity contribution in [1.29, 1.82) is 0 Å². The Morgan fingerprint density at radius 2 is 1.97 bits per heavy atom. The predicted octanol–water partition coefficient (Wildman–Crippen LogP) is 2.50. The lowest BCUT2D eigenvalue weighted by atomic mass is 10.2. The standard InChI is InChI=1S/C22H26N4O5S2/c1-13-4-5-16(12-17(13)33(29,30)26-8-10-31-11-9-26)23-19(27)7-6-18-24-21(28)20-14(2)15(3)32-22(20)25-18/h4-5,12H,6-11H2,1-3H3,(H,23,27)(H,24,25,28). The number of morpholine rings is 1. The molecule has 3 heterocycles. The van der Waals surface area contributed by atoms with Gasteiger partial charge in [-0.3, -0.25) is 9.59 Å². The fraction of sp³-hybridized carbons (Fsp3) is 0.409. The summed E-state index contributed by atoms with van der Waals surface area (Å²) >= 11 is 1.46. The quantitative estimate of drug-likeness (QED) is 0.548. The maximum Gasteiger partial charge on any atom is 0.259 e. The van der Waals surface area contributed by atoms with Gasteiger partial charge in [-0.05, 0) is 44.0 Å². The zero-order chi connectivity index (χ0) is 23.8. The Kier molecular flexibility index (Phi) is 6.66. The van der Waals surface area contributed by atoms with Crippen LogP contribution in [-0.4, -0.2) is 54.9 Å². The molecule has 0 saturated carbocycles. The largest absolute Gasteiger partial charge is 0.379 e. The molecule has 1 aliphatic heterocycles. The lowest BCUT2D eigenvalue weighted by Crippen LogP contribution is -2.40. The van der Waals surface area contributed by atoms with Crippen LogP contribution in [0.25, 0.3) is 10.2 Å². The number of amides is 1. The summed E-state index contributed by atoms with van der Waals surface area (Å²) in [5.41, 5.74) is 1.74. The molecule has 1 saturated heterocycles. The molecular weight excluding hydrogens is 464 g/mol. The number of aryl methyl sites for hydroxylation is 4. The minimum atomic E-state index is -3.68. The molecule has 9 nitrogen and oxygen atoms in total. The zero-order valence-electron chi connectivity index (χ0n) is 18.7. The number of nitrogens with one attached hydrogen (secondary N) is 2. The maximum absolute atomic E-state index is 13.0. The van der Waals surface area contributed by atoms with Crippen molar-refractivity contribution in [1.82, 2.24) is 14.3 Å². The van der Waals surface area contributed by atoms with E-state index in [2.05, 4.69) is 15.3 Å². The molecule has 1 amide bonds. The average Bonchev–Trinajstić information content (AvgIpc) is 3.08. The molecule has 1 fully saturated rings. The Balaban J connectivity index is 1.46. The molecule has 0 aliphatic carbocycles. The van der Waals surface area contributed by atoms with Gasteiger partial charge in [0.1, 0.15) is 10.7 Å².